The van der Waals surface area contributed by atoms with Gasteiger partial charge in [-0.3, -0.25) is 4.79 Å². The van der Waals surface area contributed by atoms with Crippen LogP contribution in [0.4, 0.5) is 5.69 Å². The molecule has 0 radical (unpaired) electrons. The minimum atomic E-state index is -3.54. The van der Waals surface area contributed by atoms with E-state index in [0.29, 0.717) is 11.6 Å². The van der Waals surface area contributed by atoms with Crippen molar-refractivity contribution in [2.45, 2.75) is 18.2 Å². The van der Waals surface area contributed by atoms with Gasteiger partial charge in [-0.2, -0.15) is 0 Å². The second kappa shape index (κ2) is 8.11. The number of nitrogens with zero attached hydrogens (tertiary/aromatic N) is 1. The van der Waals surface area contributed by atoms with E-state index >= 15 is 0 Å². The predicted molar refractivity (Wildman–Crippen MR) is 110 cm³/mol. The van der Waals surface area contributed by atoms with Crippen LogP contribution in [0.3, 0.4) is 0 Å². The van der Waals surface area contributed by atoms with Crippen molar-refractivity contribution < 1.29 is 13.2 Å². The number of carbonyl (C=O) groups excluding carboxylic acids is 1. The van der Waals surface area contributed by atoms with Crippen molar-refractivity contribution in [2.75, 3.05) is 17.2 Å². The number of amides is 1. The summed E-state index contributed by atoms with van der Waals surface area (Å²) in [6.45, 7) is 2.35. The third kappa shape index (κ3) is 4.49. The number of hydrogen-bond donors (Lipinski definition) is 0. The molecule has 0 aliphatic heterocycles. The van der Waals surface area contributed by atoms with Gasteiger partial charge in [0.25, 0.3) is 0 Å². The largest absolute Gasteiger partial charge is 0.313 e. The van der Waals surface area contributed by atoms with Gasteiger partial charge in [0.05, 0.1) is 10.6 Å². The van der Waals surface area contributed by atoms with E-state index in [1.165, 1.54) is 24.3 Å². The van der Waals surface area contributed by atoms with Crippen LogP contribution in [0.1, 0.15) is 13.3 Å². The Bertz CT molecular complexity index is 1060. The molecule has 0 bridgehead atoms. The number of sulfone groups is 1. The van der Waals surface area contributed by atoms with Crippen LogP contribution in [0.2, 0.25) is 5.02 Å². The second-order valence-corrected chi connectivity index (χ2v) is 8.74. The van der Waals surface area contributed by atoms with Crippen molar-refractivity contribution in [2.24, 2.45) is 0 Å². The van der Waals surface area contributed by atoms with Crippen molar-refractivity contribution in [1.82, 2.24) is 0 Å². The molecule has 0 unspecified atom stereocenters. The SMILES string of the molecule is CCN(C(=O)CCS(=O)(=O)c1ccc(Cl)cc1)c1ccc2ccccc2c1. The zero-order valence-electron chi connectivity index (χ0n) is 14.9. The summed E-state index contributed by atoms with van der Waals surface area (Å²) in [4.78, 5) is 14.5. The Morgan fingerprint density at radius 2 is 1.63 bits per heavy atom. The van der Waals surface area contributed by atoms with Gasteiger partial charge in [0, 0.05) is 23.7 Å². The fraction of sp³-hybridized carbons (Fsp3) is 0.190. The molecule has 27 heavy (non-hydrogen) atoms. The summed E-state index contributed by atoms with van der Waals surface area (Å²) in [6.07, 6.45) is -0.0778. The second-order valence-electron chi connectivity index (χ2n) is 6.19. The zero-order valence-corrected chi connectivity index (χ0v) is 16.5. The summed E-state index contributed by atoms with van der Waals surface area (Å²) in [5.74, 6) is -0.456. The standard InChI is InChI=1S/C21H20ClNO3S/c1-2-23(19-10-7-16-5-3-4-6-17(16)15-19)21(24)13-14-27(25,26)20-11-8-18(22)9-12-20/h3-12,15H,2,13-14H2,1H3. The number of rotatable bonds is 6. The number of hydrogen-bond acceptors (Lipinski definition) is 3. The van der Waals surface area contributed by atoms with Crippen LogP contribution in [0.15, 0.2) is 71.6 Å². The molecule has 140 valence electrons. The quantitative estimate of drug-likeness (QED) is 0.601. The van der Waals surface area contributed by atoms with Gasteiger partial charge in [-0.05, 0) is 54.1 Å². The fourth-order valence-corrected chi connectivity index (χ4v) is 4.32. The van der Waals surface area contributed by atoms with Crippen LogP contribution in [-0.2, 0) is 14.6 Å². The van der Waals surface area contributed by atoms with E-state index in [9.17, 15) is 13.2 Å². The third-order valence-corrected chi connectivity index (χ3v) is 6.40. The molecule has 0 spiro atoms. The van der Waals surface area contributed by atoms with E-state index in [1.54, 1.807) is 4.90 Å². The first-order valence-electron chi connectivity index (χ1n) is 8.68. The van der Waals surface area contributed by atoms with Gasteiger partial charge in [0.2, 0.25) is 5.91 Å². The zero-order chi connectivity index (χ0) is 19.4. The molecule has 0 fully saturated rings. The van der Waals surface area contributed by atoms with Crippen molar-refractivity contribution in [3.8, 4) is 0 Å². The summed E-state index contributed by atoms with van der Waals surface area (Å²) in [6, 6.07) is 19.7. The average Bonchev–Trinajstić information content (AvgIpc) is 2.67. The topological polar surface area (TPSA) is 54.5 Å². The third-order valence-electron chi connectivity index (χ3n) is 4.42. The van der Waals surface area contributed by atoms with Crippen molar-refractivity contribution in [3.05, 3.63) is 71.8 Å². The molecule has 0 atom stereocenters. The molecule has 0 saturated heterocycles. The predicted octanol–water partition coefficient (Wildman–Crippen LogP) is 4.71. The van der Waals surface area contributed by atoms with Gasteiger partial charge in [-0.1, -0.05) is 41.9 Å². The minimum Gasteiger partial charge on any atom is -0.313 e. The summed E-state index contributed by atoms with van der Waals surface area (Å²) in [5.41, 5.74) is 0.769. The lowest BCUT2D eigenvalue weighted by atomic mass is 10.1. The van der Waals surface area contributed by atoms with Crippen LogP contribution in [0.5, 0.6) is 0 Å². The van der Waals surface area contributed by atoms with Gasteiger partial charge >= 0.3 is 0 Å². The highest BCUT2D eigenvalue weighted by molar-refractivity contribution is 7.91. The lowest BCUT2D eigenvalue weighted by molar-refractivity contribution is -0.118. The first-order valence-corrected chi connectivity index (χ1v) is 10.7. The lowest BCUT2D eigenvalue weighted by Gasteiger charge is -2.21. The van der Waals surface area contributed by atoms with Crippen molar-refractivity contribution in [3.63, 3.8) is 0 Å². The highest BCUT2D eigenvalue weighted by atomic mass is 35.5. The molecule has 0 heterocycles. The molecule has 4 nitrogen and oxygen atoms in total. The number of benzene rings is 3. The van der Waals surface area contributed by atoms with E-state index < -0.39 is 9.84 Å². The molecular weight excluding hydrogens is 382 g/mol. The molecule has 0 saturated carbocycles. The Morgan fingerprint density at radius 3 is 2.30 bits per heavy atom. The smallest absolute Gasteiger partial charge is 0.228 e. The van der Waals surface area contributed by atoms with E-state index in [1.807, 2.05) is 49.4 Å². The molecular formula is C21H20ClNO3S. The first kappa shape index (κ1) is 19.4. The van der Waals surface area contributed by atoms with E-state index in [-0.39, 0.29) is 23.0 Å². The molecule has 0 aliphatic carbocycles. The van der Waals surface area contributed by atoms with Gasteiger partial charge in [-0.25, -0.2) is 8.42 Å². The normalized spacial score (nSPS) is 11.5. The summed E-state index contributed by atoms with van der Waals surface area (Å²) in [5, 5.41) is 2.60. The maximum absolute atomic E-state index is 12.7. The minimum absolute atomic E-state index is 0.0778. The molecule has 3 rings (SSSR count). The lowest BCUT2D eigenvalue weighted by Crippen LogP contribution is -2.32. The van der Waals surface area contributed by atoms with E-state index in [4.69, 9.17) is 11.6 Å². The van der Waals surface area contributed by atoms with Gasteiger partial charge in [0.15, 0.2) is 9.84 Å². The fourth-order valence-electron chi connectivity index (χ4n) is 2.96. The molecule has 3 aromatic rings. The average molecular weight is 402 g/mol. The van der Waals surface area contributed by atoms with Gasteiger partial charge in [0.1, 0.15) is 0 Å². The maximum Gasteiger partial charge on any atom is 0.228 e. The Balaban J connectivity index is 1.75. The number of anilines is 1. The monoisotopic (exact) mass is 401 g/mol. The highest BCUT2D eigenvalue weighted by Crippen LogP contribution is 2.23. The van der Waals surface area contributed by atoms with Gasteiger partial charge < -0.3 is 4.90 Å². The van der Waals surface area contributed by atoms with Crippen molar-refractivity contribution in [1.29, 1.82) is 0 Å². The summed E-state index contributed by atoms with van der Waals surface area (Å²) < 4.78 is 24.9. The Hall–Kier alpha value is -2.37. The van der Waals surface area contributed by atoms with Crippen LogP contribution >= 0.6 is 11.6 Å². The summed E-state index contributed by atoms with van der Waals surface area (Å²) in [7, 11) is -3.54. The molecule has 3 aromatic carbocycles. The molecule has 1 amide bonds. The molecule has 0 N–H and O–H groups in total. The maximum atomic E-state index is 12.7. The number of halogens is 1. The van der Waals surface area contributed by atoms with Crippen LogP contribution in [-0.4, -0.2) is 26.6 Å². The number of carbonyl (C=O) groups is 1. The Morgan fingerprint density at radius 1 is 0.963 bits per heavy atom. The molecule has 6 heteroatoms. The van der Waals surface area contributed by atoms with Gasteiger partial charge in [-0.15, -0.1) is 0 Å². The van der Waals surface area contributed by atoms with E-state index in [2.05, 4.69) is 0 Å². The van der Waals surface area contributed by atoms with Crippen LogP contribution in [0.25, 0.3) is 10.8 Å². The highest BCUT2D eigenvalue weighted by Gasteiger charge is 2.20. The molecule has 0 aromatic heterocycles. The molecule has 0 aliphatic rings. The van der Waals surface area contributed by atoms with E-state index in [0.717, 1.165) is 16.5 Å². The summed E-state index contributed by atoms with van der Waals surface area (Å²) >= 11 is 5.80. The van der Waals surface area contributed by atoms with Crippen LogP contribution < -0.4 is 4.90 Å². The van der Waals surface area contributed by atoms with Crippen LogP contribution in [0, 0.1) is 0 Å². The van der Waals surface area contributed by atoms with Crippen molar-refractivity contribution >= 4 is 43.8 Å². The number of fused-ring (bicyclic) bond motifs is 1. The first-order chi connectivity index (χ1) is 12.9. The Labute approximate surface area is 164 Å². The Kier molecular flexibility index (Phi) is 5.82.